The van der Waals surface area contributed by atoms with Crippen molar-refractivity contribution in [1.29, 1.82) is 0 Å². The highest BCUT2D eigenvalue weighted by Crippen LogP contribution is 2.23. The van der Waals surface area contributed by atoms with Crippen LogP contribution in [0.3, 0.4) is 0 Å². The van der Waals surface area contributed by atoms with Crippen molar-refractivity contribution in [3.8, 4) is 0 Å². The van der Waals surface area contributed by atoms with Crippen molar-refractivity contribution >= 4 is 31.2 Å². The van der Waals surface area contributed by atoms with Crippen LogP contribution in [0.5, 0.6) is 0 Å². The first-order valence-electron chi connectivity index (χ1n) is 15.8. The van der Waals surface area contributed by atoms with Gasteiger partial charge >= 0.3 is 6.09 Å². The van der Waals surface area contributed by atoms with E-state index in [0.717, 1.165) is 44.2 Å². The molecule has 0 spiro atoms. The molecule has 1 aliphatic rings. The Morgan fingerprint density at radius 2 is 1.67 bits per heavy atom. The average molecular weight is 635 g/mol. The molecule has 256 valence electrons. The molecule has 6 N–H and O–H groups in total. The fraction of sp³-hybridized carbons (Fsp3) is 0.667. The molecule has 1 aliphatic heterocycles. The third kappa shape index (κ3) is 20.8. The summed E-state index contributed by atoms with van der Waals surface area (Å²) in [4.78, 5) is 54.7. The minimum absolute atomic E-state index is 0.000439. The molecule has 0 aliphatic carbocycles. The number of hydrogen-bond acceptors (Lipinski definition) is 7. The summed E-state index contributed by atoms with van der Waals surface area (Å²) >= 11 is 0. The number of benzene rings is 1. The van der Waals surface area contributed by atoms with Crippen LogP contribution in [0.1, 0.15) is 105 Å². The molecule has 4 atom stereocenters. The van der Waals surface area contributed by atoms with Crippen molar-refractivity contribution in [2.24, 2.45) is 5.73 Å². The number of carbonyl (C=O) groups is 5. The van der Waals surface area contributed by atoms with Crippen LogP contribution < -0.4 is 27.0 Å². The van der Waals surface area contributed by atoms with E-state index in [9.17, 15) is 24.0 Å². The molecule has 2 rings (SSSR count). The maximum atomic E-state index is 11.6. The van der Waals surface area contributed by atoms with E-state index in [0.29, 0.717) is 50.3 Å². The summed E-state index contributed by atoms with van der Waals surface area (Å²) < 4.78 is 5.21. The molecule has 12 nitrogen and oxygen atoms in total. The molecule has 1 fully saturated rings. The number of rotatable bonds is 16. The van der Waals surface area contributed by atoms with Crippen molar-refractivity contribution in [1.82, 2.24) is 26.2 Å². The van der Waals surface area contributed by atoms with Crippen molar-refractivity contribution < 1.29 is 28.7 Å². The summed E-state index contributed by atoms with van der Waals surface area (Å²) in [5, 5.41) is 11.3. The zero-order valence-corrected chi connectivity index (χ0v) is 28.6. The third-order valence-corrected chi connectivity index (χ3v) is 7.05. The lowest BCUT2D eigenvalue weighted by Crippen LogP contribution is -2.43. The van der Waals surface area contributed by atoms with Gasteiger partial charge in [-0.25, -0.2) is 4.79 Å². The van der Waals surface area contributed by atoms with Crippen LogP contribution in [0.4, 0.5) is 4.79 Å². The van der Waals surface area contributed by atoms with Crippen LogP contribution >= 0.6 is 0 Å². The number of carbonyl (C=O) groups excluding carboxylic acids is 5. The smallest absolute Gasteiger partial charge is 0.407 e. The molecule has 0 radical (unpaired) electrons. The largest absolute Gasteiger partial charge is 0.444 e. The van der Waals surface area contributed by atoms with E-state index in [4.69, 9.17) is 10.5 Å². The van der Waals surface area contributed by atoms with Gasteiger partial charge in [0.05, 0.1) is 0 Å². The van der Waals surface area contributed by atoms with Gasteiger partial charge in [0.1, 0.15) is 5.60 Å². The summed E-state index contributed by atoms with van der Waals surface area (Å²) in [6.45, 7) is 17.8. The highest BCUT2D eigenvalue weighted by atomic mass is 16.6. The molecule has 3 unspecified atom stereocenters. The zero-order chi connectivity index (χ0) is 34.4. The van der Waals surface area contributed by atoms with E-state index in [1.807, 2.05) is 51.7 Å². The van der Waals surface area contributed by atoms with Gasteiger partial charge in [0.2, 0.25) is 25.1 Å². The van der Waals surface area contributed by atoms with Crippen molar-refractivity contribution in [2.75, 3.05) is 13.1 Å². The van der Waals surface area contributed by atoms with E-state index in [2.05, 4.69) is 54.2 Å². The molecule has 45 heavy (non-hydrogen) atoms. The highest BCUT2D eigenvalue weighted by molar-refractivity contribution is 5.73. The minimum atomic E-state index is -0.477. The maximum absolute atomic E-state index is 11.6. The number of ether oxygens (including phenoxy) is 1. The Hall–Kier alpha value is -3.67. The van der Waals surface area contributed by atoms with Crippen LogP contribution in [-0.2, 0) is 30.5 Å². The Bertz CT molecular complexity index is 998. The number of nitrogens with one attached hydrogen (secondary N) is 4. The molecule has 1 heterocycles. The Balaban J connectivity index is 0.000000713. The highest BCUT2D eigenvalue weighted by Gasteiger charge is 2.28. The van der Waals surface area contributed by atoms with Gasteiger partial charge in [-0.15, -0.1) is 0 Å². The van der Waals surface area contributed by atoms with Crippen molar-refractivity contribution in [3.05, 3.63) is 35.4 Å². The predicted octanol–water partition coefficient (Wildman–Crippen LogP) is 3.33. The van der Waals surface area contributed by atoms with Crippen LogP contribution in [0.2, 0.25) is 0 Å². The number of primary amides is 1. The van der Waals surface area contributed by atoms with Gasteiger partial charge < -0.3 is 36.6 Å². The van der Waals surface area contributed by atoms with E-state index < -0.39 is 11.7 Å². The molecule has 0 bridgehead atoms. The number of nitrogens with zero attached hydrogens (tertiary/aromatic N) is 1. The summed E-state index contributed by atoms with van der Waals surface area (Å²) in [5.74, 6) is 0.229. The first-order valence-corrected chi connectivity index (χ1v) is 15.8. The zero-order valence-electron chi connectivity index (χ0n) is 28.6. The first kappa shape index (κ1) is 41.3. The van der Waals surface area contributed by atoms with E-state index in [1.165, 1.54) is 5.56 Å². The van der Waals surface area contributed by atoms with Crippen LogP contribution in [-0.4, -0.2) is 79.0 Å². The lowest BCUT2D eigenvalue weighted by molar-refractivity contribution is -0.120. The lowest BCUT2D eigenvalue weighted by atomic mass is 10.0. The molecule has 12 heteroatoms. The molecule has 5 amide bonds. The van der Waals surface area contributed by atoms with Gasteiger partial charge in [-0.05, 0) is 90.8 Å². The van der Waals surface area contributed by atoms with Crippen molar-refractivity contribution in [2.45, 2.75) is 130 Å². The normalized spacial score (nSPS) is 17.0. The molecule has 1 aromatic rings. The second-order valence-electron chi connectivity index (χ2n) is 12.8. The van der Waals surface area contributed by atoms with Gasteiger partial charge in [0.25, 0.3) is 0 Å². The fourth-order valence-corrected chi connectivity index (χ4v) is 4.46. The topological polar surface area (TPSA) is 172 Å². The number of nitrogens with two attached hydrogens (primary N) is 1. The van der Waals surface area contributed by atoms with Crippen LogP contribution in [0.15, 0.2) is 24.3 Å². The number of likely N-dealkylation sites (tertiary alicyclic amines) is 1. The molecule has 1 saturated heterocycles. The number of hydrogen-bond donors (Lipinski definition) is 5. The number of amides is 5. The minimum Gasteiger partial charge on any atom is -0.444 e. The maximum Gasteiger partial charge on any atom is 0.407 e. The van der Waals surface area contributed by atoms with E-state index in [1.54, 1.807) is 0 Å². The SMILES string of the molecule is CC(C)c1ccc(CNC=O)cc1.CC(CCC(N)=O)NC=O.CC(CNCC[C@H]1CCC(C)N1C=O)NC(=O)OC(C)(C)C. The van der Waals surface area contributed by atoms with Crippen LogP contribution in [0, 0.1) is 0 Å². The lowest BCUT2D eigenvalue weighted by Gasteiger charge is -2.24. The summed E-state index contributed by atoms with van der Waals surface area (Å²) in [6.07, 6.45) is 5.95. The Morgan fingerprint density at radius 3 is 2.18 bits per heavy atom. The summed E-state index contributed by atoms with van der Waals surface area (Å²) in [6, 6.07) is 9.03. The monoisotopic (exact) mass is 634 g/mol. The van der Waals surface area contributed by atoms with Crippen molar-refractivity contribution in [3.63, 3.8) is 0 Å². The molecule has 1 aromatic carbocycles. The standard InChI is InChI=1S/C16H31N3O3.C11H15NO.C6H12N2O2/c1-12(18-15(21)22-16(3,4)5)10-17-9-8-14-7-6-13(2)19(14)11-20;1-9(2)11-5-3-10(4-6-11)7-12-8-13;1-5(8-4-9)2-3-6(7)10/h11-14,17H,6-10H2,1-5H3,(H,18,21);3-6,8-9H,7H2,1-2H3,(H,12,13);4-5H,2-3H2,1H3,(H2,7,10)(H,8,9)/t12?,13?,14-;;/m1../s1. The Kier molecular flexibility index (Phi) is 20.9. The average Bonchev–Trinajstić information content (AvgIpc) is 3.32. The molecule has 0 aromatic heterocycles. The quantitative estimate of drug-likeness (QED) is 0.137. The Labute approximate surface area is 270 Å². The molecular formula is C33H58N6O6. The summed E-state index contributed by atoms with van der Waals surface area (Å²) in [5.41, 5.74) is 6.87. The van der Waals surface area contributed by atoms with Gasteiger partial charge in [-0.2, -0.15) is 0 Å². The van der Waals surface area contributed by atoms with E-state index >= 15 is 0 Å². The second kappa shape index (κ2) is 22.8. The first-order chi connectivity index (χ1) is 21.1. The van der Waals surface area contributed by atoms with Gasteiger partial charge in [-0.3, -0.25) is 19.2 Å². The fourth-order valence-electron chi connectivity index (χ4n) is 4.46. The second-order valence-corrected chi connectivity index (χ2v) is 12.8. The van der Waals surface area contributed by atoms with Gasteiger partial charge in [0.15, 0.2) is 0 Å². The van der Waals surface area contributed by atoms with E-state index in [-0.39, 0.29) is 18.0 Å². The third-order valence-electron chi connectivity index (χ3n) is 7.05. The summed E-state index contributed by atoms with van der Waals surface area (Å²) in [7, 11) is 0. The predicted molar refractivity (Wildman–Crippen MR) is 177 cm³/mol. The molecule has 0 saturated carbocycles. The van der Waals surface area contributed by atoms with Crippen LogP contribution in [0.25, 0.3) is 0 Å². The Morgan fingerprint density at radius 1 is 1.02 bits per heavy atom. The van der Waals surface area contributed by atoms with Gasteiger partial charge in [-0.1, -0.05) is 38.1 Å². The van der Waals surface area contributed by atoms with Gasteiger partial charge in [0, 0.05) is 43.7 Å². The number of alkyl carbamates (subject to hydrolysis) is 1. The molecular weight excluding hydrogens is 576 g/mol.